The monoisotopic (exact) mass is 318 g/mol. The molecular weight excluding hydrogens is 300 g/mol. The molecule has 5 heteroatoms. The van der Waals surface area contributed by atoms with E-state index in [1.54, 1.807) is 37.3 Å². The molecule has 1 N–H and O–H groups in total. The average Bonchev–Trinajstić information content (AvgIpc) is 2.54. The number of carboxylic acids is 1. The van der Waals surface area contributed by atoms with Crippen LogP contribution in [-0.4, -0.2) is 19.5 Å². The molecule has 0 saturated carbocycles. The molecule has 0 amide bonds. The van der Waals surface area contributed by atoms with E-state index in [1.165, 1.54) is 12.1 Å². The number of rotatable bonds is 5. The van der Waals surface area contributed by atoms with Crippen molar-refractivity contribution in [2.24, 2.45) is 0 Å². The number of aliphatic carboxylic acids is 1. The van der Waals surface area contributed by atoms with E-state index in [9.17, 15) is 13.2 Å². The molecule has 0 aromatic heterocycles. The second kappa shape index (κ2) is 6.32. The Kier molecular flexibility index (Phi) is 4.66. The Morgan fingerprint density at radius 2 is 1.68 bits per heavy atom. The molecule has 4 nitrogen and oxygen atoms in total. The van der Waals surface area contributed by atoms with E-state index in [4.69, 9.17) is 5.11 Å². The maximum Gasteiger partial charge on any atom is 0.310 e. The third kappa shape index (κ3) is 3.04. The van der Waals surface area contributed by atoms with Crippen LogP contribution < -0.4 is 0 Å². The van der Waals surface area contributed by atoms with Gasteiger partial charge in [0, 0.05) is 0 Å². The van der Waals surface area contributed by atoms with Gasteiger partial charge in [-0.2, -0.15) is 0 Å². The molecule has 2 aromatic carbocycles. The number of hydrogen-bond acceptors (Lipinski definition) is 3. The lowest BCUT2D eigenvalue weighted by Crippen LogP contribution is -2.09. The third-order valence-corrected chi connectivity index (χ3v) is 5.57. The van der Waals surface area contributed by atoms with E-state index >= 15 is 0 Å². The maximum absolute atomic E-state index is 12.7. The van der Waals surface area contributed by atoms with Gasteiger partial charge in [0.05, 0.1) is 15.7 Å². The maximum atomic E-state index is 12.7. The van der Waals surface area contributed by atoms with E-state index in [2.05, 4.69) is 0 Å². The van der Waals surface area contributed by atoms with Crippen LogP contribution in [0.3, 0.4) is 0 Å². The fourth-order valence-electron chi connectivity index (χ4n) is 2.26. The average molecular weight is 318 g/mol. The minimum atomic E-state index is -3.59. The van der Waals surface area contributed by atoms with Gasteiger partial charge in [-0.05, 0) is 42.7 Å². The first-order valence-electron chi connectivity index (χ1n) is 7.03. The fraction of sp³-hybridized carbons (Fsp3) is 0.235. The molecule has 0 heterocycles. The van der Waals surface area contributed by atoms with Gasteiger partial charge >= 0.3 is 5.97 Å². The first-order valence-corrected chi connectivity index (χ1v) is 8.52. The summed E-state index contributed by atoms with van der Waals surface area (Å²) < 4.78 is 25.4. The Balaban J connectivity index is 2.44. The Morgan fingerprint density at radius 3 is 2.23 bits per heavy atom. The zero-order valence-corrected chi connectivity index (χ0v) is 13.3. The second-order valence-electron chi connectivity index (χ2n) is 5.09. The molecule has 0 aliphatic carbocycles. The highest BCUT2D eigenvalue weighted by molar-refractivity contribution is 7.91. The van der Waals surface area contributed by atoms with Crippen molar-refractivity contribution in [2.75, 3.05) is 0 Å². The van der Waals surface area contributed by atoms with Crippen molar-refractivity contribution in [1.29, 1.82) is 0 Å². The minimum Gasteiger partial charge on any atom is -0.481 e. The van der Waals surface area contributed by atoms with E-state index in [-0.39, 0.29) is 4.90 Å². The number of hydrogen-bond donors (Lipinski definition) is 1. The van der Waals surface area contributed by atoms with Gasteiger partial charge in [0.2, 0.25) is 9.84 Å². The highest BCUT2D eigenvalue weighted by Crippen LogP contribution is 2.26. The summed E-state index contributed by atoms with van der Waals surface area (Å²) in [5.74, 6) is -1.60. The van der Waals surface area contributed by atoms with Crippen molar-refractivity contribution in [1.82, 2.24) is 0 Å². The number of aryl methyl sites for hydroxylation is 1. The van der Waals surface area contributed by atoms with Gasteiger partial charge in [-0.15, -0.1) is 0 Å². The van der Waals surface area contributed by atoms with E-state index in [0.29, 0.717) is 16.9 Å². The molecule has 0 fully saturated rings. The van der Waals surface area contributed by atoms with Gasteiger partial charge in [0.25, 0.3) is 0 Å². The van der Waals surface area contributed by atoms with E-state index in [1.807, 2.05) is 13.0 Å². The Bertz CT molecular complexity index is 777. The van der Waals surface area contributed by atoms with Gasteiger partial charge in [-0.1, -0.05) is 37.3 Å². The van der Waals surface area contributed by atoms with Crippen molar-refractivity contribution in [3.8, 4) is 0 Å². The Hall–Kier alpha value is -2.14. The van der Waals surface area contributed by atoms with Crippen LogP contribution in [0.2, 0.25) is 0 Å². The lowest BCUT2D eigenvalue weighted by molar-refractivity contribution is -0.138. The molecule has 1 atom stereocenters. The largest absolute Gasteiger partial charge is 0.481 e. The van der Waals surface area contributed by atoms with Crippen LogP contribution in [0.15, 0.2) is 58.3 Å². The first kappa shape index (κ1) is 16.2. The van der Waals surface area contributed by atoms with Crippen molar-refractivity contribution in [3.05, 3.63) is 59.7 Å². The summed E-state index contributed by atoms with van der Waals surface area (Å²) in [4.78, 5) is 11.4. The molecule has 22 heavy (non-hydrogen) atoms. The lowest BCUT2D eigenvalue weighted by Gasteiger charge is -2.11. The molecule has 0 unspecified atom stereocenters. The summed E-state index contributed by atoms with van der Waals surface area (Å²) in [6, 6.07) is 13.0. The fourth-order valence-corrected chi connectivity index (χ4v) is 3.83. The first-order chi connectivity index (χ1) is 10.4. The Labute approximate surface area is 130 Å². The zero-order chi connectivity index (χ0) is 16.3. The number of carboxylic acid groups (broad SMARTS) is 1. The second-order valence-corrected chi connectivity index (χ2v) is 7.01. The van der Waals surface area contributed by atoms with Crippen molar-refractivity contribution < 1.29 is 18.3 Å². The van der Waals surface area contributed by atoms with Crippen LogP contribution >= 0.6 is 0 Å². The molecule has 0 bridgehead atoms. The van der Waals surface area contributed by atoms with Crippen molar-refractivity contribution in [3.63, 3.8) is 0 Å². The van der Waals surface area contributed by atoms with Crippen molar-refractivity contribution in [2.45, 2.75) is 36.0 Å². The van der Waals surface area contributed by atoms with Crippen LogP contribution in [0.5, 0.6) is 0 Å². The lowest BCUT2D eigenvalue weighted by atomic mass is 10.0. The summed E-state index contributed by atoms with van der Waals surface area (Å²) in [5.41, 5.74) is 1.35. The number of sulfone groups is 1. The normalized spacial score (nSPS) is 12.8. The van der Waals surface area contributed by atoms with Crippen LogP contribution in [0.4, 0.5) is 0 Å². The summed E-state index contributed by atoms with van der Waals surface area (Å²) in [5, 5.41) is 8.99. The Morgan fingerprint density at radius 1 is 1.09 bits per heavy atom. The van der Waals surface area contributed by atoms with E-state index in [0.717, 1.165) is 5.56 Å². The van der Waals surface area contributed by atoms with Crippen LogP contribution in [0.25, 0.3) is 0 Å². The standard InChI is InChI=1S/C17H18O4S/c1-3-13-6-4-5-7-16(13)22(20,21)15-10-8-14(9-11-15)12(2)17(18)19/h4-12H,3H2,1-2H3,(H,18,19)/t12-/m1/s1. The molecule has 0 radical (unpaired) electrons. The summed E-state index contributed by atoms with van der Waals surface area (Å²) in [6.45, 7) is 3.48. The molecule has 116 valence electrons. The van der Waals surface area contributed by atoms with Crippen LogP contribution in [0, 0.1) is 0 Å². The quantitative estimate of drug-likeness (QED) is 0.918. The summed E-state index contributed by atoms with van der Waals surface area (Å²) >= 11 is 0. The van der Waals surface area contributed by atoms with Gasteiger partial charge in [-0.25, -0.2) is 8.42 Å². The number of carbonyl (C=O) groups is 1. The van der Waals surface area contributed by atoms with Gasteiger partial charge in [-0.3, -0.25) is 4.79 Å². The molecule has 0 aliphatic heterocycles. The molecule has 2 rings (SSSR count). The third-order valence-electron chi connectivity index (χ3n) is 3.70. The molecule has 0 aliphatic rings. The highest BCUT2D eigenvalue weighted by Gasteiger charge is 2.21. The summed E-state index contributed by atoms with van der Waals surface area (Å²) in [6.07, 6.45) is 0.629. The van der Waals surface area contributed by atoms with Gasteiger partial charge in [0.15, 0.2) is 0 Å². The predicted octanol–water partition coefficient (Wildman–Crippen LogP) is 3.27. The molecule has 2 aromatic rings. The topological polar surface area (TPSA) is 71.4 Å². The summed E-state index contributed by atoms with van der Waals surface area (Å²) in [7, 11) is -3.59. The van der Waals surface area contributed by atoms with E-state index < -0.39 is 21.7 Å². The van der Waals surface area contributed by atoms with Crippen LogP contribution in [-0.2, 0) is 21.1 Å². The SMILES string of the molecule is CCc1ccccc1S(=O)(=O)c1ccc([C@@H](C)C(=O)O)cc1. The zero-order valence-electron chi connectivity index (χ0n) is 12.5. The van der Waals surface area contributed by atoms with Crippen LogP contribution in [0.1, 0.15) is 30.9 Å². The molecular formula is C17H18O4S. The number of benzene rings is 2. The highest BCUT2D eigenvalue weighted by atomic mass is 32.2. The molecule has 0 spiro atoms. The van der Waals surface area contributed by atoms with Gasteiger partial charge < -0.3 is 5.11 Å². The predicted molar refractivity (Wildman–Crippen MR) is 83.8 cm³/mol. The minimum absolute atomic E-state index is 0.176. The smallest absolute Gasteiger partial charge is 0.310 e. The van der Waals surface area contributed by atoms with Gasteiger partial charge in [0.1, 0.15) is 0 Å². The van der Waals surface area contributed by atoms with Crippen molar-refractivity contribution >= 4 is 15.8 Å². The molecule has 0 saturated heterocycles.